The van der Waals surface area contributed by atoms with E-state index in [-0.39, 0.29) is 24.0 Å². The fourth-order valence-electron chi connectivity index (χ4n) is 2.75. The average molecular weight is 331 g/mol. The summed E-state index contributed by atoms with van der Waals surface area (Å²) < 4.78 is 0. The lowest BCUT2D eigenvalue weighted by Crippen LogP contribution is -2.41. The van der Waals surface area contributed by atoms with Crippen molar-refractivity contribution in [2.24, 2.45) is 5.92 Å². The Hall–Kier alpha value is -1.79. The van der Waals surface area contributed by atoms with Crippen LogP contribution in [0.5, 0.6) is 0 Å². The number of thiazole rings is 1. The number of hydrogen-bond donors (Lipinski definition) is 2. The molecule has 1 aliphatic rings. The molecule has 0 aromatic carbocycles. The van der Waals surface area contributed by atoms with Gasteiger partial charge in [0.1, 0.15) is 0 Å². The normalized spacial score (nSPS) is 21.7. The summed E-state index contributed by atoms with van der Waals surface area (Å²) in [4.78, 5) is 21.3. The van der Waals surface area contributed by atoms with Crippen LogP contribution in [0.3, 0.4) is 0 Å². The molecule has 3 rings (SSSR count). The molecule has 0 bridgehead atoms. The molecule has 2 aromatic heterocycles. The quantitative estimate of drug-likeness (QED) is 0.883. The lowest BCUT2D eigenvalue weighted by Gasteiger charge is -2.37. The largest absolute Gasteiger partial charge is 0.393 e. The van der Waals surface area contributed by atoms with Crippen molar-refractivity contribution in [2.75, 3.05) is 0 Å². The van der Waals surface area contributed by atoms with E-state index in [2.05, 4.69) is 29.1 Å². The van der Waals surface area contributed by atoms with Gasteiger partial charge in [0.2, 0.25) is 0 Å². The number of aromatic nitrogens is 2. The molecule has 0 saturated heterocycles. The van der Waals surface area contributed by atoms with E-state index in [0.29, 0.717) is 23.8 Å². The maximum absolute atomic E-state index is 12.5. The topological polar surface area (TPSA) is 75.1 Å². The average Bonchev–Trinajstić information content (AvgIpc) is 3.01. The van der Waals surface area contributed by atoms with Crippen LogP contribution in [0.25, 0.3) is 0 Å². The van der Waals surface area contributed by atoms with E-state index in [1.807, 2.05) is 23.6 Å². The number of carbonyl (C=O) groups excluding carboxylic acids is 1. The highest BCUT2D eigenvalue weighted by molar-refractivity contribution is 7.11. The summed E-state index contributed by atoms with van der Waals surface area (Å²) >= 11 is 1.37. The molecule has 0 aliphatic heterocycles. The molecule has 1 fully saturated rings. The first-order chi connectivity index (χ1) is 11.0. The minimum absolute atomic E-state index is 0.168. The minimum atomic E-state index is -0.268. The van der Waals surface area contributed by atoms with Gasteiger partial charge in [-0.15, -0.1) is 11.3 Å². The SMILES string of the molecule is CC(C)c1csc(C(=O)NC(c2ccccn2)C2CC(O)C2)n1. The molecule has 2 heterocycles. The molecule has 0 radical (unpaired) electrons. The maximum Gasteiger partial charge on any atom is 0.280 e. The van der Waals surface area contributed by atoms with Crippen molar-refractivity contribution in [3.63, 3.8) is 0 Å². The summed E-state index contributed by atoms with van der Waals surface area (Å²) in [6.45, 7) is 4.12. The summed E-state index contributed by atoms with van der Waals surface area (Å²) in [5, 5.41) is 15.1. The van der Waals surface area contributed by atoms with Gasteiger partial charge in [-0.05, 0) is 36.8 Å². The van der Waals surface area contributed by atoms with Crippen LogP contribution in [0.1, 0.15) is 59.8 Å². The van der Waals surface area contributed by atoms with Gasteiger partial charge >= 0.3 is 0 Å². The zero-order chi connectivity index (χ0) is 16.4. The molecule has 1 atom stereocenters. The molecular weight excluding hydrogens is 310 g/mol. The molecular formula is C17H21N3O2S. The molecule has 2 aromatic rings. The Bertz CT molecular complexity index is 665. The Kier molecular flexibility index (Phi) is 4.73. The number of nitrogens with zero attached hydrogens (tertiary/aromatic N) is 2. The van der Waals surface area contributed by atoms with E-state index < -0.39 is 0 Å². The molecule has 2 N–H and O–H groups in total. The van der Waals surface area contributed by atoms with Crippen LogP contribution in [0.2, 0.25) is 0 Å². The zero-order valence-electron chi connectivity index (χ0n) is 13.3. The predicted octanol–water partition coefficient (Wildman–Crippen LogP) is 2.90. The second-order valence-corrected chi connectivity index (χ2v) is 7.18. The zero-order valence-corrected chi connectivity index (χ0v) is 14.1. The van der Waals surface area contributed by atoms with Gasteiger partial charge in [-0.25, -0.2) is 4.98 Å². The number of rotatable bonds is 5. The van der Waals surface area contributed by atoms with E-state index in [9.17, 15) is 9.90 Å². The fraction of sp³-hybridized carbons (Fsp3) is 0.471. The van der Waals surface area contributed by atoms with Crippen molar-refractivity contribution in [3.8, 4) is 0 Å². The Morgan fingerprint density at radius 1 is 1.35 bits per heavy atom. The molecule has 5 nitrogen and oxygen atoms in total. The first kappa shape index (κ1) is 16.1. The van der Waals surface area contributed by atoms with E-state index >= 15 is 0 Å². The van der Waals surface area contributed by atoms with Crippen molar-refractivity contribution < 1.29 is 9.90 Å². The van der Waals surface area contributed by atoms with Gasteiger partial charge in [-0.2, -0.15) is 0 Å². The van der Waals surface area contributed by atoms with Crippen molar-refractivity contribution >= 4 is 17.2 Å². The van der Waals surface area contributed by atoms with Gasteiger partial charge < -0.3 is 10.4 Å². The van der Waals surface area contributed by atoms with Crippen LogP contribution >= 0.6 is 11.3 Å². The number of nitrogens with one attached hydrogen (secondary N) is 1. The third-order valence-electron chi connectivity index (χ3n) is 4.22. The van der Waals surface area contributed by atoms with Crippen LogP contribution in [0, 0.1) is 5.92 Å². The van der Waals surface area contributed by atoms with Crippen LogP contribution in [0.4, 0.5) is 0 Å². The number of aliphatic hydroxyl groups is 1. The van der Waals surface area contributed by atoms with Crippen molar-refractivity contribution in [2.45, 2.75) is 44.8 Å². The Morgan fingerprint density at radius 2 is 2.13 bits per heavy atom. The molecule has 23 heavy (non-hydrogen) atoms. The predicted molar refractivity (Wildman–Crippen MR) is 89.4 cm³/mol. The van der Waals surface area contributed by atoms with Gasteiger partial charge in [0.15, 0.2) is 5.01 Å². The second kappa shape index (κ2) is 6.76. The first-order valence-corrected chi connectivity index (χ1v) is 8.78. The highest BCUT2D eigenvalue weighted by atomic mass is 32.1. The van der Waals surface area contributed by atoms with Gasteiger partial charge in [-0.1, -0.05) is 19.9 Å². The standard InChI is InChI=1S/C17H21N3O2S/c1-10(2)14-9-23-17(19-14)16(22)20-15(11-7-12(21)8-11)13-5-3-4-6-18-13/h3-6,9-12,15,21H,7-8H2,1-2H3,(H,20,22). The van der Waals surface area contributed by atoms with Gasteiger partial charge in [0.05, 0.1) is 23.5 Å². The minimum Gasteiger partial charge on any atom is -0.393 e. The number of aliphatic hydroxyl groups excluding tert-OH is 1. The molecule has 1 amide bonds. The second-order valence-electron chi connectivity index (χ2n) is 6.32. The number of amides is 1. The van der Waals surface area contributed by atoms with Crippen molar-refractivity contribution in [3.05, 3.63) is 46.2 Å². The smallest absolute Gasteiger partial charge is 0.280 e. The molecule has 1 unspecified atom stereocenters. The Balaban J connectivity index is 1.76. The number of carbonyl (C=O) groups is 1. The highest BCUT2D eigenvalue weighted by Gasteiger charge is 2.36. The van der Waals surface area contributed by atoms with Gasteiger partial charge in [-0.3, -0.25) is 9.78 Å². The van der Waals surface area contributed by atoms with Crippen LogP contribution in [-0.2, 0) is 0 Å². The van der Waals surface area contributed by atoms with Crippen LogP contribution < -0.4 is 5.32 Å². The molecule has 6 heteroatoms. The third kappa shape index (κ3) is 3.59. The molecule has 1 saturated carbocycles. The van der Waals surface area contributed by atoms with E-state index in [4.69, 9.17) is 0 Å². The summed E-state index contributed by atoms with van der Waals surface area (Å²) in [6.07, 6.45) is 2.84. The lowest BCUT2D eigenvalue weighted by atomic mass is 9.76. The number of pyridine rings is 1. The summed E-state index contributed by atoms with van der Waals surface area (Å²) in [5.74, 6) is 0.355. The fourth-order valence-corrected chi connectivity index (χ4v) is 3.64. The maximum atomic E-state index is 12.5. The van der Waals surface area contributed by atoms with Gasteiger partial charge in [0, 0.05) is 11.6 Å². The van der Waals surface area contributed by atoms with Crippen molar-refractivity contribution in [1.29, 1.82) is 0 Å². The summed E-state index contributed by atoms with van der Waals surface area (Å²) in [5.41, 5.74) is 1.77. The van der Waals surface area contributed by atoms with Crippen LogP contribution in [0.15, 0.2) is 29.8 Å². The van der Waals surface area contributed by atoms with Crippen LogP contribution in [-0.4, -0.2) is 27.1 Å². The Labute approximate surface area is 139 Å². The lowest BCUT2D eigenvalue weighted by molar-refractivity contribution is 0.0228. The van der Waals surface area contributed by atoms with E-state index in [0.717, 1.165) is 11.4 Å². The summed E-state index contributed by atoms with van der Waals surface area (Å²) in [6, 6.07) is 5.50. The van der Waals surface area contributed by atoms with E-state index in [1.165, 1.54) is 11.3 Å². The monoisotopic (exact) mass is 331 g/mol. The van der Waals surface area contributed by atoms with Crippen molar-refractivity contribution in [1.82, 2.24) is 15.3 Å². The first-order valence-electron chi connectivity index (χ1n) is 7.90. The molecule has 122 valence electrons. The Morgan fingerprint density at radius 3 is 2.70 bits per heavy atom. The van der Waals surface area contributed by atoms with E-state index in [1.54, 1.807) is 6.20 Å². The highest BCUT2D eigenvalue weighted by Crippen LogP contribution is 2.37. The molecule has 0 spiro atoms. The molecule has 1 aliphatic carbocycles. The summed E-state index contributed by atoms with van der Waals surface area (Å²) in [7, 11) is 0. The van der Waals surface area contributed by atoms with Gasteiger partial charge in [0.25, 0.3) is 5.91 Å². The third-order valence-corrected chi connectivity index (χ3v) is 5.08. The number of hydrogen-bond acceptors (Lipinski definition) is 5.